The molecule has 166 valence electrons. The number of nitrogens with one attached hydrogen (secondary N) is 2. The van der Waals surface area contributed by atoms with Gasteiger partial charge in [-0.3, -0.25) is 20.0 Å². The second-order valence-electron chi connectivity index (χ2n) is 7.93. The van der Waals surface area contributed by atoms with Crippen LogP contribution < -0.4 is 16.6 Å². The summed E-state index contributed by atoms with van der Waals surface area (Å²) in [7, 11) is 1.59. The van der Waals surface area contributed by atoms with Gasteiger partial charge in [0.05, 0.1) is 11.6 Å². The average molecular weight is 444 g/mol. The summed E-state index contributed by atoms with van der Waals surface area (Å²) in [6.07, 6.45) is 4.32. The van der Waals surface area contributed by atoms with E-state index in [9.17, 15) is 9.59 Å². The van der Waals surface area contributed by atoms with Crippen LogP contribution in [0.3, 0.4) is 0 Å². The molecule has 8 nitrogen and oxygen atoms in total. The number of piperidine rings is 1. The minimum atomic E-state index is -0.765. The van der Waals surface area contributed by atoms with Gasteiger partial charge in [-0.1, -0.05) is 12.1 Å². The van der Waals surface area contributed by atoms with Crippen LogP contribution in [-0.2, 0) is 22.4 Å². The Morgan fingerprint density at radius 3 is 2.52 bits per heavy atom. The number of nitrogens with two attached hydrogens (primary N) is 1. The molecule has 9 heteroatoms. The van der Waals surface area contributed by atoms with Crippen LogP contribution in [0.1, 0.15) is 42.9 Å². The highest BCUT2D eigenvalue weighted by atomic mass is 32.1. The zero-order chi connectivity index (χ0) is 22.5. The molecule has 0 saturated carbocycles. The number of carboxylic acids is 1. The number of hydrogen-bond donors (Lipinski definition) is 4. The second kappa shape index (κ2) is 9.91. The molecule has 0 radical (unpaired) electrons. The van der Waals surface area contributed by atoms with E-state index in [-0.39, 0.29) is 17.4 Å². The van der Waals surface area contributed by atoms with Gasteiger partial charge in [0.1, 0.15) is 11.4 Å². The van der Waals surface area contributed by atoms with Crippen molar-refractivity contribution in [2.75, 3.05) is 20.1 Å². The van der Waals surface area contributed by atoms with Crippen molar-refractivity contribution in [2.24, 2.45) is 16.6 Å². The smallest absolute Gasteiger partial charge is 0.306 e. The van der Waals surface area contributed by atoms with Gasteiger partial charge in [-0.25, -0.2) is 0 Å². The zero-order valence-corrected chi connectivity index (χ0v) is 18.7. The number of allylic oxidation sites excluding steroid dienone is 2. The lowest BCUT2D eigenvalue weighted by molar-refractivity contribution is -0.143. The fraction of sp³-hybridized carbons (Fsp3) is 0.455. The molecule has 0 amide bonds. The number of thiocarbonyl (C=S) groups is 1. The van der Waals surface area contributed by atoms with Gasteiger partial charge in [0.15, 0.2) is 5.11 Å². The van der Waals surface area contributed by atoms with Crippen molar-refractivity contribution in [3.8, 4) is 0 Å². The van der Waals surface area contributed by atoms with E-state index >= 15 is 0 Å². The van der Waals surface area contributed by atoms with Crippen molar-refractivity contribution in [1.29, 1.82) is 0 Å². The Bertz CT molecular complexity index is 948. The predicted octanol–water partition coefficient (Wildman–Crippen LogP) is 1.53. The van der Waals surface area contributed by atoms with E-state index in [0.29, 0.717) is 42.5 Å². The summed E-state index contributed by atoms with van der Waals surface area (Å²) in [5, 5.41) is 9.54. The topological polar surface area (TPSA) is 120 Å². The van der Waals surface area contributed by atoms with Crippen LogP contribution in [0.2, 0.25) is 0 Å². The highest BCUT2D eigenvalue weighted by molar-refractivity contribution is 7.80. The van der Waals surface area contributed by atoms with E-state index in [1.54, 1.807) is 14.0 Å². The van der Waals surface area contributed by atoms with Gasteiger partial charge in [-0.05, 0) is 68.4 Å². The normalized spacial score (nSPS) is 17.6. The van der Waals surface area contributed by atoms with Crippen molar-refractivity contribution in [3.63, 3.8) is 0 Å². The summed E-state index contributed by atoms with van der Waals surface area (Å²) in [4.78, 5) is 30.2. The number of aliphatic carboxylic acids is 1. The Hall–Kier alpha value is -2.94. The largest absolute Gasteiger partial charge is 0.481 e. The molecule has 1 aliphatic carbocycles. The maximum absolute atomic E-state index is 13.0. The summed E-state index contributed by atoms with van der Waals surface area (Å²) < 4.78 is 0. The minimum Gasteiger partial charge on any atom is -0.481 e. The minimum absolute atomic E-state index is 0.0565. The standard InChI is InChI=1S/C22H29N5O3S/c1-13(25-26-22(31)27-10-8-15(9-11-27)21(29)30)18(23)20(28)19(24-2)17-7-6-14-4-3-5-16(14)12-17/h6-7,12,15,25H,3-5,8-11,23H2,1-2H3,(H,26,31)(H,29,30). The summed E-state index contributed by atoms with van der Waals surface area (Å²) in [6.45, 7) is 2.81. The van der Waals surface area contributed by atoms with Crippen LogP contribution in [0.5, 0.6) is 0 Å². The van der Waals surface area contributed by atoms with Crippen molar-refractivity contribution in [3.05, 3.63) is 46.3 Å². The van der Waals surface area contributed by atoms with Crippen molar-refractivity contribution in [1.82, 2.24) is 15.8 Å². The molecule has 1 fully saturated rings. The Kier molecular flexibility index (Phi) is 7.27. The summed E-state index contributed by atoms with van der Waals surface area (Å²) in [5.74, 6) is -1.44. The SMILES string of the molecule is CN=C(C(=O)C(N)=C(C)NNC(=S)N1CCC(C(=O)O)CC1)c1ccc2c(c1)CCC2. The third kappa shape index (κ3) is 5.22. The number of ketones is 1. The first-order chi connectivity index (χ1) is 14.8. The molecule has 0 unspecified atom stereocenters. The van der Waals surface area contributed by atoms with Crippen LogP contribution in [0, 0.1) is 5.92 Å². The Balaban J connectivity index is 1.61. The molecule has 0 atom stereocenters. The van der Waals surface area contributed by atoms with Gasteiger partial charge in [0, 0.05) is 25.7 Å². The Morgan fingerprint density at radius 2 is 1.87 bits per heavy atom. The van der Waals surface area contributed by atoms with Gasteiger partial charge < -0.3 is 21.2 Å². The summed E-state index contributed by atoms with van der Waals surface area (Å²) >= 11 is 5.38. The molecule has 1 heterocycles. The van der Waals surface area contributed by atoms with E-state index in [1.807, 2.05) is 17.0 Å². The van der Waals surface area contributed by atoms with E-state index in [2.05, 4.69) is 21.9 Å². The van der Waals surface area contributed by atoms with Gasteiger partial charge in [-0.15, -0.1) is 0 Å². The number of fused-ring (bicyclic) bond motifs is 1. The van der Waals surface area contributed by atoms with Crippen molar-refractivity contribution >= 4 is 34.8 Å². The van der Waals surface area contributed by atoms with Crippen LogP contribution in [0.15, 0.2) is 34.6 Å². The van der Waals surface area contributed by atoms with Crippen molar-refractivity contribution < 1.29 is 14.7 Å². The number of benzene rings is 1. The molecule has 31 heavy (non-hydrogen) atoms. The number of carbonyl (C=O) groups excluding carboxylic acids is 1. The molecule has 1 aliphatic heterocycles. The molecule has 2 aliphatic rings. The van der Waals surface area contributed by atoms with Crippen LogP contribution in [0.4, 0.5) is 0 Å². The quantitative estimate of drug-likeness (QED) is 0.226. The van der Waals surface area contributed by atoms with Crippen LogP contribution >= 0.6 is 12.2 Å². The first kappa shape index (κ1) is 22.7. The first-order valence-electron chi connectivity index (χ1n) is 10.5. The molecule has 0 bridgehead atoms. The fourth-order valence-corrected chi connectivity index (χ4v) is 4.24. The monoisotopic (exact) mass is 443 g/mol. The van der Waals surface area contributed by atoms with Crippen LogP contribution in [-0.4, -0.2) is 52.7 Å². The highest BCUT2D eigenvalue weighted by Gasteiger charge is 2.26. The molecule has 1 aromatic rings. The molecule has 5 N–H and O–H groups in total. The summed E-state index contributed by atoms with van der Waals surface area (Å²) in [6, 6.07) is 6.02. The molecular formula is C22H29N5O3S. The second-order valence-corrected chi connectivity index (χ2v) is 8.32. The van der Waals surface area contributed by atoms with Gasteiger partial charge in [-0.2, -0.15) is 0 Å². The lowest BCUT2D eigenvalue weighted by Crippen LogP contribution is -2.49. The molecule has 1 saturated heterocycles. The molecule has 3 rings (SSSR count). The van der Waals surface area contributed by atoms with Gasteiger partial charge >= 0.3 is 5.97 Å². The number of aryl methyl sites for hydroxylation is 2. The lowest BCUT2D eigenvalue weighted by atomic mass is 9.97. The van der Waals surface area contributed by atoms with E-state index in [1.165, 1.54) is 11.1 Å². The third-order valence-corrected chi connectivity index (χ3v) is 6.31. The number of hydrogen-bond acceptors (Lipinski definition) is 6. The molecule has 0 aromatic heterocycles. The number of nitrogens with zero attached hydrogens (tertiary/aromatic N) is 2. The first-order valence-corrected chi connectivity index (χ1v) is 10.9. The number of Topliss-reactive ketones (excluding diaryl/α,β-unsaturated/α-hetero) is 1. The maximum Gasteiger partial charge on any atom is 0.306 e. The fourth-order valence-electron chi connectivity index (χ4n) is 4.00. The van der Waals surface area contributed by atoms with E-state index in [0.717, 1.165) is 24.8 Å². The van der Waals surface area contributed by atoms with Crippen molar-refractivity contribution in [2.45, 2.75) is 39.0 Å². The summed E-state index contributed by atoms with van der Waals surface area (Å²) in [5.41, 5.74) is 16.1. The predicted molar refractivity (Wildman–Crippen MR) is 124 cm³/mol. The highest BCUT2D eigenvalue weighted by Crippen LogP contribution is 2.23. The Labute approximate surface area is 187 Å². The number of carboxylic acid groups (broad SMARTS) is 1. The lowest BCUT2D eigenvalue weighted by Gasteiger charge is -2.32. The number of rotatable bonds is 6. The number of hydrazine groups is 1. The van der Waals surface area contributed by atoms with Crippen LogP contribution in [0.25, 0.3) is 0 Å². The number of likely N-dealkylation sites (tertiary alicyclic amines) is 1. The third-order valence-electron chi connectivity index (χ3n) is 5.95. The molecular weight excluding hydrogens is 414 g/mol. The molecule has 0 spiro atoms. The van der Waals surface area contributed by atoms with Gasteiger partial charge in [0.25, 0.3) is 0 Å². The Morgan fingerprint density at radius 1 is 1.19 bits per heavy atom. The van der Waals surface area contributed by atoms with Gasteiger partial charge in [0.2, 0.25) is 5.78 Å². The molecule has 1 aromatic carbocycles. The van der Waals surface area contributed by atoms with E-state index < -0.39 is 5.97 Å². The average Bonchev–Trinajstić information content (AvgIpc) is 3.25. The van der Waals surface area contributed by atoms with E-state index in [4.69, 9.17) is 23.1 Å². The number of carbonyl (C=O) groups is 2. The zero-order valence-electron chi connectivity index (χ0n) is 17.9. The number of aliphatic imine (C=N–C) groups is 1. The maximum atomic E-state index is 13.0.